The van der Waals surface area contributed by atoms with Crippen molar-refractivity contribution in [3.05, 3.63) is 89.6 Å². The molecule has 1 aromatic carbocycles. The summed E-state index contributed by atoms with van der Waals surface area (Å²) in [5.41, 5.74) is 3.16. The lowest BCUT2D eigenvalue weighted by molar-refractivity contribution is 0.184. The predicted molar refractivity (Wildman–Crippen MR) is 121 cm³/mol. The van der Waals surface area contributed by atoms with E-state index in [9.17, 15) is 5.11 Å². The molecule has 0 radical (unpaired) electrons. The highest BCUT2D eigenvalue weighted by Gasteiger charge is 2.08. The van der Waals surface area contributed by atoms with Gasteiger partial charge in [0, 0.05) is 37.4 Å². The molecule has 30 heavy (non-hydrogen) atoms. The number of thiazole rings is 1. The minimum Gasteiger partial charge on any atom is -0.395 e. The summed E-state index contributed by atoms with van der Waals surface area (Å²) in [7, 11) is 0. The maximum Gasteiger partial charge on any atom is 0.141 e. The van der Waals surface area contributed by atoms with Crippen LogP contribution in [0.15, 0.2) is 78.4 Å². The van der Waals surface area contributed by atoms with Crippen molar-refractivity contribution < 1.29 is 5.11 Å². The van der Waals surface area contributed by atoms with Crippen LogP contribution in [0.5, 0.6) is 0 Å². The van der Waals surface area contributed by atoms with Crippen LogP contribution >= 0.6 is 11.3 Å². The quantitative estimate of drug-likeness (QED) is 0.422. The summed E-state index contributed by atoms with van der Waals surface area (Å²) in [6.07, 6.45) is 3.64. The normalized spacial score (nSPS) is 11.0. The second-order valence-corrected chi connectivity index (χ2v) is 7.74. The molecule has 0 atom stereocenters. The molecule has 0 aliphatic rings. The van der Waals surface area contributed by atoms with Gasteiger partial charge >= 0.3 is 0 Å². The van der Waals surface area contributed by atoms with Gasteiger partial charge in [0.2, 0.25) is 0 Å². The molecule has 0 fully saturated rings. The molecule has 0 saturated carbocycles. The van der Waals surface area contributed by atoms with Gasteiger partial charge in [-0.05, 0) is 29.3 Å². The van der Waals surface area contributed by atoms with E-state index < -0.39 is 0 Å². The predicted octanol–water partition coefficient (Wildman–Crippen LogP) is 4.34. The number of anilines is 2. The zero-order chi connectivity index (χ0) is 20.6. The summed E-state index contributed by atoms with van der Waals surface area (Å²) < 4.78 is 0. The van der Waals surface area contributed by atoms with E-state index >= 15 is 0 Å². The van der Waals surface area contributed by atoms with Gasteiger partial charge in [-0.1, -0.05) is 42.5 Å². The number of pyridine rings is 2. The molecule has 0 aliphatic carbocycles. The van der Waals surface area contributed by atoms with Crippen LogP contribution in [0.1, 0.15) is 11.1 Å². The van der Waals surface area contributed by atoms with Crippen LogP contribution in [0.3, 0.4) is 0 Å². The van der Waals surface area contributed by atoms with Crippen molar-refractivity contribution in [3.8, 4) is 10.7 Å². The van der Waals surface area contributed by atoms with Crippen LogP contribution in [0.25, 0.3) is 10.7 Å². The molecule has 152 valence electrons. The average molecular weight is 418 g/mol. The summed E-state index contributed by atoms with van der Waals surface area (Å²) in [4.78, 5) is 15.7. The van der Waals surface area contributed by atoms with Gasteiger partial charge in [-0.2, -0.15) is 0 Å². The molecular formula is C23H23N5OS. The number of benzene rings is 1. The van der Waals surface area contributed by atoms with Crippen molar-refractivity contribution in [2.75, 3.05) is 18.5 Å². The summed E-state index contributed by atoms with van der Waals surface area (Å²) in [6, 6.07) is 20.1. The van der Waals surface area contributed by atoms with Gasteiger partial charge in [0.05, 0.1) is 6.61 Å². The minimum atomic E-state index is 0.126. The number of nitrogens with one attached hydrogen (secondary N) is 1. The van der Waals surface area contributed by atoms with Gasteiger partial charge in [0.1, 0.15) is 22.3 Å². The highest BCUT2D eigenvalue weighted by atomic mass is 32.1. The van der Waals surface area contributed by atoms with Crippen LogP contribution in [0.2, 0.25) is 0 Å². The fourth-order valence-corrected chi connectivity index (χ4v) is 3.76. The van der Waals surface area contributed by atoms with E-state index in [1.165, 1.54) is 5.56 Å². The number of aliphatic hydroxyl groups excluding tert-OH is 1. The number of hydrogen-bond donors (Lipinski definition) is 2. The van der Waals surface area contributed by atoms with E-state index in [1.54, 1.807) is 17.5 Å². The molecule has 0 bridgehead atoms. The van der Waals surface area contributed by atoms with E-state index in [-0.39, 0.29) is 6.61 Å². The monoisotopic (exact) mass is 417 g/mol. The fourth-order valence-electron chi connectivity index (χ4n) is 3.15. The third-order valence-corrected chi connectivity index (χ3v) is 5.35. The van der Waals surface area contributed by atoms with Crippen LogP contribution in [-0.2, 0) is 13.1 Å². The SMILES string of the molecule is OCCN(Cc1ccccc1)Cc1ccc(Nc2cccc(-c3nccs3)n2)nc1. The minimum absolute atomic E-state index is 0.126. The van der Waals surface area contributed by atoms with E-state index in [0.717, 1.165) is 41.0 Å². The third-order valence-electron chi connectivity index (χ3n) is 4.55. The second kappa shape index (κ2) is 10.1. The molecular weight excluding hydrogens is 394 g/mol. The smallest absolute Gasteiger partial charge is 0.141 e. The Labute approximate surface area is 179 Å². The number of hydrogen-bond acceptors (Lipinski definition) is 7. The van der Waals surface area contributed by atoms with Crippen molar-refractivity contribution >= 4 is 23.0 Å². The van der Waals surface area contributed by atoms with Gasteiger partial charge in [0.15, 0.2) is 0 Å². The number of aliphatic hydroxyl groups is 1. The van der Waals surface area contributed by atoms with E-state index in [4.69, 9.17) is 0 Å². The largest absolute Gasteiger partial charge is 0.395 e. The topological polar surface area (TPSA) is 74.2 Å². The molecule has 3 aromatic heterocycles. The molecule has 3 heterocycles. The highest BCUT2D eigenvalue weighted by molar-refractivity contribution is 7.13. The van der Waals surface area contributed by atoms with E-state index in [1.807, 2.05) is 54.0 Å². The van der Waals surface area contributed by atoms with Crippen molar-refractivity contribution in [1.29, 1.82) is 0 Å². The second-order valence-electron chi connectivity index (χ2n) is 6.84. The molecule has 0 saturated heterocycles. The first-order chi connectivity index (χ1) is 14.8. The third kappa shape index (κ3) is 5.48. The van der Waals surface area contributed by atoms with Gasteiger partial charge in [-0.3, -0.25) is 4.90 Å². The zero-order valence-electron chi connectivity index (χ0n) is 16.5. The summed E-state index contributed by atoms with van der Waals surface area (Å²) >= 11 is 1.56. The van der Waals surface area contributed by atoms with Crippen LogP contribution < -0.4 is 5.32 Å². The fraction of sp³-hybridized carbons (Fsp3) is 0.174. The first-order valence-electron chi connectivity index (χ1n) is 9.76. The first-order valence-corrected chi connectivity index (χ1v) is 10.6. The average Bonchev–Trinajstić information content (AvgIpc) is 3.31. The Kier molecular flexibility index (Phi) is 6.76. The molecule has 0 unspecified atom stereocenters. The number of aromatic nitrogens is 3. The molecule has 6 nitrogen and oxygen atoms in total. The number of rotatable bonds is 9. The van der Waals surface area contributed by atoms with Crippen molar-refractivity contribution in [2.45, 2.75) is 13.1 Å². The lowest BCUT2D eigenvalue weighted by Crippen LogP contribution is -2.26. The van der Waals surface area contributed by atoms with Crippen LogP contribution in [0, 0.1) is 0 Å². The maximum atomic E-state index is 9.41. The van der Waals surface area contributed by atoms with Gasteiger partial charge in [0.25, 0.3) is 0 Å². The molecule has 0 spiro atoms. The Hall–Kier alpha value is -3.13. The zero-order valence-corrected chi connectivity index (χ0v) is 17.3. The van der Waals surface area contributed by atoms with E-state index in [2.05, 4.69) is 43.4 Å². The summed E-state index contributed by atoms with van der Waals surface area (Å²) in [5.74, 6) is 1.47. The van der Waals surface area contributed by atoms with Crippen LogP contribution in [0.4, 0.5) is 11.6 Å². The highest BCUT2D eigenvalue weighted by Crippen LogP contribution is 2.22. The lowest BCUT2D eigenvalue weighted by Gasteiger charge is -2.21. The van der Waals surface area contributed by atoms with Gasteiger partial charge in [-0.15, -0.1) is 11.3 Å². The Bertz CT molecular complexity index is 1040. The maximum absolute atomic E-state index is 9.41. The van der Waals surface area contributed by atoms with Gasteiger partial charge < -0.3 is 10.4 Å². The number of nitrogens with zero attached hydrogens (tertiary/aromatic N) is 4. The Morgan fingerprint density at radius 1 is 0.867 bits per heavy atom. The van der Waals surface area contributed by atoms with Crippen LogP contribution in [-0.4, -0.2) is 38.1 Å². The standard InChI is InChI=1S/C23H23N5OS/c29-13-12-28(16-18-5-2-1-3-6-18)17-19-9-10-21(25-15-19)27-22-8-4-7-20(26-22)23-24-11-14-30-23/h1-11,14-15,29H,12-13,16-17H2,(H,25,26,27). The van der Waals surface area contributed by atoms with Crippen molar-refractivity contribution in [2.24, 2.45) is 0 Å². The molecule has 7 heteroatoms. The molecule has 4 rings (SSSR count). The first kappa shape index (κ1) is 20.2. The van der Waals surface area contributed by atoms with E-state index in [0.29, 0.717) is 6.54 Å². The molecule has 2 N–H and O–H groups in total. The van der Waals surface area contributed by atoms with Crippen molar-refractivity contribution in [1.82, 2.24) is 19.9 Å². The molecule has 0 aliphatic heterocycles. The Balaban J connectivity index is 1.40. The Morgan fingerprint density at radius 3 is 2.47 bits per heavy atom. The lowest BCUT2D eigenvalue weighted by atomic mass is 10.2. The summed E-state index contributed by atoms with van der Waals surface area (Å²) in [5, 5.41) is 15.5. The summed E-state index contributed by atoms with van der Waals surface area (Å²) in [6.45, 7) is 2.25. The molecule has 4 aromatic rings. The van der Waals surface area contributed by atoms with Gasteiger partial charge in [-0.25, -0.2) is 15.0 Å². The molecule has 0 amide bonds. The Morgan fingerprint density at radius 2 is 1.73 bits per heavy atom. The van der Waals surface area contributed by atoms with Crippen molar-refractivity contribution in [3.63, 3.8) is 0 Å².